The number of aliphatic hydroxyl groups excluding tert-OH is 1. The van der Waals surface area contributed by atoms with Crippen molar-refractivity contribution >= 4 is 13.7 Å². The molecule has 0 spiro atoms. The maximum atomic E-state index is 13.0. The molecule has 0 aliphatic carbocycles. The van der Waals surface area contributed by atoms with Crippen molar-refractivity contribution in [1.29, 1.82) is 0 Å². The van der Waals surface area contributed by atoms with Gasteiger partial charge in [0.25, 0.3) is 0 Å². The fourth-order valence-corrected chi connectivity index (χ4v) is 11.1. The third kappa shape index (κ3) is 63.9. The number of unbranched alkanes of at least 4 members (excludes halogenated alkanes) is 45. The number of aliphatic hydroxyl groups is 1. The standard InChI is InChI=1S/C70H135N2O6P/c1-6-8-10-12-14-16-18-20-22-24-26-28-30-32-33-34-35-36-37-38-39-40-42-44-46-48-50-52-54-56-58-60-62-64-70(74)71-68(67-78-79(75,76)77-66-65-72(3,4)5)69(73)63-61-59-57-55-53-51-49-47-45-43-41-31-29-27-25-23-21-19-17-15-13-11-9-7-2/h18,20,24,26,53,55,61,63,68-69,73H,6-17,19,21-23,25,27-52,54,56-60,62,64-67H2,1-5H3,(H-,71,74,75,76)/p+1/b20-18-,26-24-,55-53+,63-61+. The van der Waals surface area contributed by atoms with Gasteiger partial charge in [-0.1, -0.05) is 319 Å². The van der Waals surface area contributed by atoms with Crippen LogP contribution in [-0.2, 0) is 18.4 Å². The lowest BCUT2D eigenvalue weighted by atomic mass is 10.0. The number of amides is 1. The van der Waals surface area contributed by atoms with Gasteiger partial charge in [0.1, 0.15) is 13.2 Å². The molecule has 79 heavy (non-hydrogen) atoms. The lowest BCUT2D eigenvalue weighted by Crippen LogP contribution is -2.45. The number of hydrogen-bond acceptors (Lipinski definition) is 5. The first-order valence-electron chi connectivity index (χ1n) is 34.5. The van der Waals surface area contributed by atoms with Crippen LogP contribution in [0.1, 0.15) is 341 Å². The van der Waals surface area contributed by atoms with Crippen molar-refractivity contribution in [3.8, 4) is 0 Å². The number of nitrogens with zero attached hydrogens (tertiary/aromatic N) is 1. The Balaban J connectivity index is 4.06. The van der Waals surface area contributed by atoms with Crippen LogP contribution in [0.3, 0.4) is 0 Å². The molecule has 466 valence electrons. The third-order valence-corrected chi connectivity index (χ3v) is 16.8. The van der Waals surface area contributed by atoms with E-state index in [-0.39, 0.29) is 19.1 Å². The van der Waals surface area contributed by atoms with Crippen molar-refractivity contribution in [3.63, 3.8) is 0 Å². The Bertz CT molecular complexity index is 1430. The van der Waals surface area contributed by atoms with Crippen LogP contribution in [0.4, 0.5) is 0 Å². The molecule has 0 aromatic rings. The van der Waals surface area contributed by atoms with E-state index >= 15 is 0 Å². The predicted molar refractivity (Wildman–Crippen MR) is 346 cm³/mol. The molecule has 0 aromatic heterocycles. The number of nitrogens with one attached hydrogen (secondary N) is 1. The van der Waals surface area contributed by atoms with E-state index < -0.39 is 20.0 Å². The Morgan fingerprint density at radius 1 is 0.430 bits per heavy atom. The summed E-state index contributed by atoms with van der Waals surface area (Å²) >= 11 is 0. The first kappa shape index (κ1) is 77.5. The minimum atomic E-state index is -4.36. The van der Waals surface area contributed by atoms with Gasteiger partial charge in [-0.3, -0.25) is 13.8 Å². The largest absolute Gasteiger partial charge is 0.472 e. The van der Waals surface area contributed by atoms with Crippen molar-refractivity contribution in [2.24, 2.45) is 0 Å². The molecular formula is C70H136N2O6P+. The van der Waals surface area contributed by atoms with Gasteiger partial charge in [-0.15, -0.1) is 0 Å². The Labute approximate surface area is 492 Å². The first-order valence-corrected chi connectivity index (χ1v) is 36.0. The van der Waals surface area contributed by atoms with Crippen LogP contribution in [0, 0.1) is 0 Å². The average molecular weight is 1130 g/mol. The van der Waals surface area contributed by atoms with E-state index in [0.29, 0.717) is 17.4 Å². The van der Waals surface area contributed by atoms with Gasteiger partial charge in [-0.25, -0.2) is 4.57 Å². The number of carbonyl (C=O) groups is 1. The molecule has 3 N–H and O–H groups in total. The van der Waals surface area contributed by atoms with Crippen LogP contribution in [-0.4, -0.2) is 73.4 Å². The third-order valence-electron chi connectivity index (χ3n) is 15.8. The Morgan fingerprint density at radius 2 is 0.734 bits per heavy atom. The number of rotatable bonds is 64. The van der Waals surface area contributed by atoms with Gasteiger partial charge in [-0.2, -0.15) is 0 Å². The van der Waals surface area contributed by atoms with Crippen LogP contribution >= 0.6 is 7.82 Å². The highest BCUT2D eigenvalue weighted by molar-refractivity contribution is 7.47. The molecule has 0 aliphatic heterocycles. The Morgan fingerprint density at radius 3 is 1.09 bits per heavy atom. The predicted octanol–water partition coefficient (Wildman–Crippen LogP) is 21.8. The smallest absolute Gasteiger partial charge is 0.387 e. The maximum Gasteiger partial charge on any atom is 0.472 e. The zero-order chi connectivity index (χ0) is 57.7. The van der Waals surface area contributed by atoms with Crippen LogP contribution in [0.5, 0.6) is 0 Å². The molecule has 0 radical (unpaired) electrons. The summed E-state index contributed by atoms with van der Waals surface area (Å²) in [5.74, 6) is -0.181. The van der Waals surface area contributed by atoms with E-state index in [1.807, 2.05) is 27.2 Å². The summed E-state index contributed by atoms with van der Waals surface area (Å²) in [6.45, 7) is 4.83. The number of allylic oxidation sites excluding steroid dienone is 7. The molecule has 0 rings (SSSR count). The number of phosphoric acid groups is 1. The SMILES string of the molecule is CCCCCCC/C=C\C/C=C\CCCCCCCCCCCCCCCCCCCCCCCC(=O)NC(COP(=O)(O)OCC[N+](C)(C)C)C(O)/C=C/CC/C=C/CCCCCCCCCCCCCCCCCCCC. The Kier molecular flexibility index (Phi) is 59.8. The summed E-state index contributed by atoms with van der Waals surface area (Å²) in [5.41, 5.74) is 0. The summed E-state index contributed by atoms with van der Waals surface area (Å²) in [4.78, 5) is 23.4. The minimum Gasteiger partial charge on any atom is -0.387 e. The molecular weight excluding hydrogens is 996 g/mol. The van der Waals surface area contributed by atoms with E-state index in [1.165, 1.54) is 276 Å². The van der Waals surface area contributed by atoms with Gasteiger partial charge in [0, 0.05) is 6.42 Å². The summed E-state index contributed by atoms with van der Waals surface area (Å²) in [7, 11) is 1.57. The van der Waals surface area contributed by atoms with Crippen molar-refractivity contribution in [2.45, 2.75) is 353 Å². The highest BCUT2D eigenvalue weighted by Crippen LogP contribution is 2.43. The summed E-state index contributed by atoms with van der Waals surface area (Å²) in [5, 5.41) is 14.0. The van der Waals surface area contributed by atoms with Crippen molar-refractivity contribution in [2.75, 3.05) is 40.9 Å². The molecule has 9 heteroatoms. The van der Waals surface area contributed by atoms with Crippen LogP contribution in [0.2, 0.25) is 0 Å². The number of likely N-dealkylation sites (N-methyl/N-ethyl adjacent to an activating group) is 1. The molecule has 0 bridgehead atoms. The normalized spacial score (nSPS) is 14.0. The molecule has 3 unspecified atom stereocenters. The van der Waals surface area contributed by atoms with E-state index in [9.17, 15) is 19.4 Å². The summed E-state index contributed by atoms with van der Waals surface area (Å²) < 4.78 is 23.8. The van der Waals surface area contributed by atoms with Crippen molar-refractivity contribution in [1.82, 2.24) is 5.32 Å². The second-order valence-corrected chi connectivity index (χ2v) is 26.4. The molecule has 0 aromatic carbocycles. The second-order valence-electron chi connectivity index (χ2n) is 24.9. The van der Waals surface area contributed by atoms with E-state index in [1.54, 1.807) is 6.08 Å². The zero-order valence-corrected chi connectivity index (χ0v) is 54.3. The lowest BCUT2D eigenvalue weighted by Gasteiger charge is -2.25. The molecule has 1 amide bonds. The summed E-state index contributed by atoms with van der Waals surface area (Å²) in [6, 6.07) is -0.864. The first-order chi connectivity index (χ1) is 38.5. The molecule has 0 saturated heterocycles. The van der Waals surface area contributed by atoms with Crippen LogP contribution in [0.15, 0.2) is 48.6 Å². The molecule has 0 fully saturated rings. The fraction of sp³-hybridized carbons (Fsp3) is 0.871. The van der Waals surface area contributed by atoms with Gasteiger partial charge in [0.2, 0.25) is 5.91 Å². The Hall–Kier alpha value is -1.54. The van der Waals surface area contributed by atoms with Crippen molar-refractivity contribution < 1.29 is 32.9 Å². The van der Waals surface area contributed by atoms with Crippen molar-refractivity contribution in [3.05, 3.63) is 48.6 Å². The number of hydrogen-bond donors (Lipinski definition) is 3. The van der Waals surface area contributed by atoms with E-state index in [4.69, 9.17) is 9.05 Å². The molecule has 8 nitrogen and oxygen atoms in total. The van der Waals surface area contributed by atoms with Gasteiger partial charge < -0.3 is 19.8 Å². The second kappa shape index (κ2) is 61.0. The van der Waals surface area contributed by atoms with E-state index in [2.05, 4.69) is 55.6 Å². The highest BCUT2D eigenvalue weighted by Gasteiger charge is 2.28. The van der Waals surface area contributed by atoms with Gasteiger partial charge in [0.05, 0.1) is 39.9 Å². The number of phosphoric ester groups is 1. The monoisotopic (exact) mass is 1130 g/mol. The fourth-order valence-electron chi connectivity index (χ4n) is 10.4. The van der Waals surface area contributed by atoms with Gasteiger partial charge in [-0.05, 0) is 64.2 Å². The van der Waals surface area contributed by atoms with Crippen LogP contribution < -0.4 is 5.32 Å². The maximum absolute atomic E-state index is 13.0. The summed E-state index contributed by atoms with van der Waals surface area (Å²) in [6.07, 6.45) is 82.6. The highest BCUT2D eigenvalue weighted by atomic mass is 31.2. The van der Waals surface area contributed by atoms with E-state index in [0.717, 1.165) is 44.9 Å². The quantitative estimate of drug-likeness (QED) is 0.0243. The van der Waals surface area contributed by atoms with Gasteiger partial charge in [0.15, 0.2) is 0 Å². The molecule has 3 atom stereocenters. The average Bonchev–Trinajstić information content (AvgIpc) is 3.42. The minimum absolute atomic E-state index is 0.0573. The van der Waals surface area contributed by atoms with Crippen LogP contribution in [0.25, 0.3) is 0 Å². The number of carbonyl (C=O) groups excluding carboxylic acids is 1. The number of quaternary nitrogens is 1. The molecule has 0 heterocycles. The zero-order valence-electron chi connectivity index (χ0n) is 53.4. The molecule has 0 aliphatic rings. The molecule has 0 saturated carbocycles. The lowest BCUT2D eigenvalue weighted by molar-refractivity contribution is -0.870. The van der Waals surface area contributed by atoms with Gasteiger partial charge >= 0.3 is 7.82 Å². The topological polar surface area (TPSA) is 105 Å².